The zero-order valence-electron chi connectivity index (χ0n) is 10.3. The van der Waals surface area contributed by atoms with Gasteiger partial charge < -0.3 is 15.2 Å². The quantitative estimate of drug-likeness (QED) is 0.606. The Morgan fingerprint density at radius 2 is 1.94 bits per heavy atom. The van der Waals surface area contributed by atoms with Crippen molar-refractivity contribution in [1.82, 2.24) is 5.32 Å². The highest BCUT2D eigenvalue weighted by atomic mass is 16.3. The van der Waals surface area contributed by atoms with E-state index < -0.39 is 5.60 Å². The Hall–Kier alpha value is -1.63. The highest BCUT2D eigenvalue weighted by molar-refractivity contribution is 5.55. The summed E-state index contributed by atoms with van der Waals surface area (Å²) in [6, 6.07) is 7.65. The molecule has 0 atom stereocenters. The van der Waals surface area contributed by atoms with Crippen LogP contribution in [0.15, 0.2) is 24.3 Å². The van der Waals surface area contributed by atoms with Crippen LogP contribution in [0.2, 0.25) is 0 Å². The zero-order valence-corrected chi connectivity index (χ0v) is 10.3. The lowest BCUT2D eigenvalue weighted by atomic mass is 9.85. The molecule has 0 aliphatic carbocycles. The van der Waals surface area contributed by atoms with Crippen LogP contribution in [0.4, 0.5) is 0 Å². The molecule has 0 saturated carbocycles. The predicted octanol–water partition coefficient (Wildman–Crippen LogP) is 1.20. The lowest BCUT2D eigenvalue weighted by Crippen LogP contribution is -2.39. The molecule has 3 nitrogen and oxygen atoms in total. The SMILES string of the molecule is O=CCC#Cc1ccc(C2(O)CCNCC2)cc1. The maximum atomic E-state index is 10.5. The van der Waals surface area contributed by atoms with Crippen molar-refractivity contribution >= 4 is 6.29 Å². The fraction of sp³-hybridized carbons (Fsp3) is 0.400. The molecular weight excluding hydrogens is 226 g/mol. The Bertz CT molecular complexity index is 462. The Balaban J connectivity index is 2.12. The number of aldehydes is 1. The first-order valence-electron chi connectivity index (χ1n) is 6.21. The van der Waals surface area contributed by atoms with Crippen molar-refractivity contribution in [3.63, 3.8) is 0 Å². The summed E-state index contributed by atoms with van der Waals surface area (Å²) in [6.45, 7) is 1.69. The molecule has 1 saturated heterocycles. The molecule has 1 heterocycles. The van der Waals surface area contributed by atoms with Crippen LogP contribution in [0.25, 0.3) is 0 Å². The number of hydrogen-bond acceptors (Lipinski definition) is 3. The van der Waals surface area contributed by atoms with Crippen molar-refractivity contribution in [1.29, 1.82) is 0 Å². The van der Waals surface area contributed by atoms with E-state index in [0.29, 0.717) is 0 Å². The van der Waals surface area contributed by atoms with E-state index in [-0.39, 0.29) is 6.42 Å². The number of rotatable bonds is 2. The minimum atomic E-state index is -0.708. The van der Waals surface area contributed by atoms with E-state index >= 15 is 0 Å². The monoisotopic (exact) mass is 243 g/mol. The van der Waals surface area contributed by atoms with Gasteiger partial charge in [-0.3, -0.25) is 0 Å². The lowest BCUT2D eigenvalue weighted by Gasteiger charge is -2.33. The van der Waals surface area contributed by atoms with E-state index in [1.54, 1.807) is 0 Å². The number of nitrogens with one attached hydrogen (secondary N) is 1. The summed E-state index contributed by atoms with van der Waals surface area (Å²) in [5.41, 5.74) is 1.11. The average molecular weight is 243 g/mol. The van der Waals surface area contributed by atoms with E-state index in [2.05, 4.69) is 17.2 Å². The molecule has 0 radical (unpaired) electrons. The standard InChI is InChI=1S/C15H17NO2/c17-12-2-1-3-13-4-6-14(7-5-13)15(18)8-10-16-11-9-15/h4-7,12,16,18H,2,8-11H2. The molecule has 0 amide bonds. The summed E-state index contributed by atoms with van der Waals surface area (Å²) in [5.74, 6) is 5.68. The summed E-state index contributed by atoms with van der Waals surface area (Å²) in [4.78, 5) is 10.2. The number of piperidine rings is 1. The van der Waals surface area contributed by atoms with Gasteiger partial charge in [-0.1, -0.05) is 24.0 Å². The Morgan fingerprint density at radius 3 is 2.56 bits per heavy atom. The molecule has 0 aromatic heterocycles. The largest absolute Gasteiger partial charge is 0.385 e. The number of benzene rings is 1. The Labute approximate surface area is 107 Å². The van der Waals surface area contributed by atoms with Gasteiger partial charge in [0.25, 0.3) is 0 Å². The molecule has 0 unspecified atom stereocenters. The molecule has 1 aromatic carbocycles. The molecule has 0 bridgehead atoms. The normalized spacial score (nSPS) is 17.6. The van der Waals surface area contributed by atoms with Crippen LogP contribution in [0.1, 0.15) is 30.4 Å². The molecule has 1 fully saturated rings. The number of hydrogen-bond donors (Lipinski definition) is 2. The molecule has 18 heavy (non-hydrogen) atoms. The maximum Gasteiger partial charge on any atom is 0.131 e. The van der Waals surface area contributed by atoms with Gasteiger partial charge in [0.15, 0.2) is 0 Å². The minimum absolute atomic E-state index is 0.261. The second kappa shape index (κ2) is 5.81. The Kier molecular flexibility index (Phi) is 4.14. The topological polar surface area (TPSA) is 49.3 Å². The molecule has 94 valence electrons. The van der Waals surface area contributed by atoms with Crippen LogP contribution in [-0.4, -0.2) is 24.5 Å². The Morgan fingerprint density at radius 1 is 1.28 bits per heavy atom. The summed E-state index contributed by atoms with van der Waals surface area (Å²) < 4.78 is 0. The van der Waals surface area contributed by atoms with Crippen LogP contribution < -0.4 is 5.32 Å². The van der Waals surface area contributed by atoms with Crippen LogP contribution in [0.3, 0.4) is 0 Å². The van der Waals surface area contributed by atoms with Crippen LogP contribution in [0.5, 0.6) is 0 Å². The lowest BCUT2D eigenvalue weighted by molar-refractivity contribution is -0.107. The average Bonchev–Trinajstić information content (AvgIpc) is 2.41. The van der Waals surface area contributed by atoms with Crippen molar-refractivity contribution in [3.8, 4) is 11.8 Å². The predicted molar refractivity (Wildman–Crippen MR) is 70.0 cm³/mol. The first kappa shape index (κ1) is 12.8. The van der Waals surface area contributed by atoms with E-state index in [9.17, 15) is 9.90 Å². The minimum Gasteiger partial charge on any atom is -0.385 e. The molecule has 1 aromatic rings. The van der Waals surface area contributed by atoms with Crippen LogP contribution in [0, 0.1) is 11.8 Å². The highest BCUT2D eigenvalue weighted by Gasteiger charge is 2.30. The van der Waals surface area contributed by atoms with E-state index in [1.165, 1.54) is 0 Å². The third-order valence-corrected chi connectivity index (χ3v) is 3.27. The van der Waals surface area contributed by atoms with Crippen molar-refractivity contribution in [2.75, 3.05) is 13.1 Å². The van der Waals surface area contributed by atoms with Crippen molar-refractivity contribution in [2.24, 2.45) is 0 Å². The third kappa shape index (κ3) is 2.98. The van der Waals surface area contributed by atoms with Crippen molar-refractivity contribution in [2.45, 2.75) is 24.9 Å². The second-order valence-electron chi connectivity index (χ2n) is 4.53. The molecule has 1 aliphatic heterocycles. The molecule has 2 N–H and O–H groups in total. The summed E-state index contributed by atoms with van der Waals surface area (Å²) in [7, 11) is 0. The zero-order chi connectivity index (χ0) is 12.8. The smallest absolute Gasteiger partial charge is 0.131 e. The maximum absolute atomic E-state index is 10.5. The van der Waals surface area contributed by atoms with Gasteiger partial charge >= 0.3 is 0 Å². The summed E-state index contributed by atoms with van der Waals surface area (Å²) >= 11 is 0. The summed E-state index contributed by atoms with van der Waals surface area (Å²) in [6.07, 6.45) is 2.53. The van der Waals surface area contributed by atoms with Crippen molar-refractivity contribution < 1.29 is 9.90 Å². The van der Waals surface area contributed by atoms with Gasteiger partial charge in [-0.05, 0) is 43.6 Å². The van der Waals surface area contributed by atoms with E-state index in [0.717, 1.165) is 43.3 Å². The molecule has 3 heteroatoms. The first-order valence-corrected chi connectivity index (χ1v) is 6.21. The van der Waals surface area contributed by atoms with Gasteiger partial charge in [-0.2, -0.15) is 0 Å². The molecular formula is C15H17NO2. The van der Waals surface area contributed by atoms with Crippen molar-refractivity contribution in [3.05, 3.63) is 35.4 Å². The molecule has 2 rings (SSSR count). The van der Waals surface area contributed by atoms with E-state index in [4.69, 9.17) is 0 Å². The fourth-order valence-corrected chi connectivity index (χ4v) is 2.19. The second-order valence-corrected chi connectivity index (χ2v) is 4.53. The molecule has 1 aliphatic rings. The summed E-state index contributed by atoms with van der Waals surface area (Å²) in [5, 5.41) is 13.8. The van der Waals surface area contributed by atoms with Gasteiger partial charge in [0.2, 0.25) is 0 Å². The van der Waals surface area contributed by atoms with E-state index in [1.807, 2.05) is 24.3 Å². The van der Waals surface area contributed by atoms with Gasteiger partial charge in [0.05, 0.1) is 12.0 Å². The van der Waals surface area contributed by atoms with Gasteiger partial charge in [0.1, 0.15) is 6.29 Å². The number of aliphatic hydroxyl groups is 1. The van der Waals surface area contributed by atoms with Crippen LogP contribution in [-0.2, 0) is 10.4 Å². The third-order valence-electron chi connectivity index (χ3n) is 3.27. The van der Waals surface area contributed by atoms with Gasteiger partial charge in [-0.25, -0.2) is 0 Å². The van der Waals surface area contributed by atoms with Crippen LogP contribution >= 0.6 is 0 Å². The first-order chi connectivity index (χ1) is 8.74. The molecule has 0 spiro atoms. The van der Waals surface area contributed by atoms with Gasteiger partial charge in [0, 0.05) is 5.56 Å². The van der Waals surface area contributed by atoms with Gasteiger partial charge in [-0.15, -0.1) is 0 Å². The number of carbonyl (C=O) groups is 1. The fourth-order valence-electron chi connectivity index (χ4n) is 2.19. The highest BCUT2D eigenvalue weighted by Crippen LogP contribution is 2.30. The number of carbonyl (C=O) groups excluding carboxylic acids is 1.